The van der Waals surface area contributed by atoms with Crippen molar-refractivity contribution in [3.63, 3.8) is 0 Å². The lowest BCUT2D eigenvalue weighted by Gasteiger charge is -2.50. The summed E-state index contributed by atoms with van der Waals surface area (Å²) >= 11 is 12.3. The number of morpholine rings is 1. The molecular formula is C27H45ClN5O3PS2. The van der Waals surface area contributed by atoms with Crippen molar-refractivity contribution in [2.24, 2.45) is 4.74 Å². The summed E-state index contributed by atoms with van der Waals surface area (Å²) in [5.74, 6) is 0. The molecule has 3 fully saturated rings. The Morgan fingerprint density at radius 3 is 1.92 bits per heavy atom. The molecule has 3 aliphatic rings. The Bertz CT molecular complexity index is 1130. The van der Waals surface area contributed by atoms with Crippen LogP contribution in [-0.2, 0) is 14.8 Å². The van der Waals surface area contributed by atoms with Crippen molar-refractivity contribution in [2.45, 2.75) is 82.2 Å². The summed E-state index contributed by atoms with van der Waals surface area (Å²) < 4.78 is 44.4. The molecule has 0 amide bonds. The molecule has 1 N–H and O–H groups in total. The fraction of sp³-hybridized carbons (Fsp3) is 0.741. The summed E-state index contributed by atoms with van der Waals surface area (Å²) in [5.41, 5.74) is 0.582. The predicted molar refractivity (Wildman–Crippen MR) is 166 cm³/mol. The number of nitrogens with zero attached hydrogens (tertiary/aromatic N) is 4. The maximum Gasteiger partial charge on any atom is 0.244 e. The van der Waals surface area contributed by atoms with Crippen molar-refractivity contribution >= 4 is 52.0 Å². The summed E-state index contributed by atoms with van der Waals surface area (Å²) in [4.78, 5) is 0.0794. The number of benzene rings is 1. The maximum atomic E-state index is 13.4. The van der Waals surface area contributed by atoms with Crippen molar-refractivity contribution in [1.29, 1.82) is 0 Å². The van der Waals surface area contributed by atoms with Crippen molar-refractivity contribution < 1.29 is 13.2 Å². The first-order chi connectivity index (χ1) is 18.6. The number of rotatable bonds is 5. The minimum Gasteiger partial charge on any atom is -0.379 e. The van der Waals surface area contributed by atoms with Crippen molar-refractivity contribution in [3.8, 4) is 0 Å². The highest BCUT2D eigenvalue weighted by Crippen LogP contribution is 2.67. The van der Waals surface area contributed by atoms with E-state index < -0.39 is 17.4 Å². The van der Waals surface area contributed by atoms with Gasteiger partial charge in [0, 0.05) is 50.1 Å². The van der Waals surface area contributed by atoms with E-state index in [4.69, 9.17) is 33.3 Å². The summed E-state index contributed by atoms with van der Waals surface area (Å²) in [7, 11) is -5.99. The van der Waals surface area contributed by atoms with Crippen molar-refractivity contribution in [3.05, 3.63) is 23.2 Å². The number of hydrogen-bond acceptors (Lipinski definition) is 4. The van der Waals surface area contributed by atoms with E-state index in [0.29, 0.717) is 37.1 Å². The maximum absolute atomic E-state index is 13.4. The Balaban J connectivity index is 1.71. The highest BCUT2D eigenvalue weighted by molar-refractivity contribution is 7.89. The molecule has 0 spiro atoms. The van der Waals surface area contributed by atoms with Gasteiger partial charge >= 0.3 is 0 Å². The predicted octanol–water partition coefficient (Wildman–Crippen LogP) is 6.64. The molecule has 0 aromatic heterocycles. The van der Waals surface area contributed by atoms with E-state index in [-0.39, 0.29) is 15.1 Å². The third-order valence-corrected chi connectivity index (χ3v) is 15.2. The molecule has 0 unspecified atom stereocenters. The van der Waals surface area contributed by atoms with Crippen LogP contribution in [0.1, 0.15) is 72.1 Å². The van der Waals surface area contributed by atoms with Crippen LogP contribution in [0.3, 0.4) is 0 Å². The van der Waals surface area contributed by atoms with Crippen LogP contribution in [0.4, 0.5) is 5.69 Å². The van der Waals surface area contributed by atoms with Gasteiger partial charge in [-0.2, -0.15) is 4.31 Å². The van der Waals surface area contributed by atoms with Gasteiger partial charge in [0.2, 0.25) is 10.0 Å². The van der Waals surface area contributed by atoms with Crippen LogP contribution in [0.15, 0.2) is 27.8 Å². The molecule has 0 radical (unpaired) electrons. The van der Waals surface area contributed by atoms with Gasteiger partial charge in [-0.05, 0) is 56.1 Å². The van der Waals surface area contributed by atoms with E-state index in [2.05, 4.69) is 35.4 Å². The molecule has 4 rings (SSSR count). The Hall–Kier alpha value is -0.580. The monoisotopic (exact) mass is 617 g/mol. The van der Waals surface area contributed by atoms with Crippen molar-refractivity contribution in [1.82, 2.24) is 13.6 Å². The first-order valence-electron chi connectivity index (χ1n) is 14.4. The Kier molecular flexibility index (Phi) is 10.9. The SMILES string of the molecule is CC(C)(C)P(=NC(=S)Nc1ccc(Cl)c(S(=O)(=O)N2CCOCC2)c1)(N1CCCCCC1)N1CCCCCC1. The molecule has 1 aromatic rings. The number of sulfonamides is 1. The molecule has 0 aliphatic carbocycles. The van der Waals surface area contributed by atoms with E-state index in [9.17, 15) is 8.42 Å². The zero-order valence-corrected chi connectivity index (χ0v) is 27.0. The first-order valence-corrected chi connectivity index (χ1v) is 18.2. The lowest BCUT2D eigenvalue weighted by molar-refractivity contribution is 0.0730. The molecule has 12 heteroatoms. The fourth-order valence-electron chi connectivity index (χ4n) is 5.95. The molecule has 0 saturated carbocycles. The normalized spacial score (nSPS) is 21.6. The van der Waals surface area contributed by atoms with Crippen LogP contribution in [0.2, 0.25) is 5.02 Å². The quantitative estimate of drug-likeness (QED) is 0.293. The summed E-state index contributed by atoms with van der Waals surface area (Å²) in [6, 6.07) is 4.98. The van der Waals surface area contributed by atoms with E-state index >= 15 is 0 Å². The smallest absolute Gasteiger partial charge is 0.244 e. The average molecular weight is 618 g/mol. The summed E-state index contributed by atoms with van der Waals surface area (Å²) in [5, 5.41) is 3.80. The van der Waals surface area contributed by atoms with Gasteiger partial charge in [0.1, 0.15) is 12.3 Å². The van der Waals surface area contributed by atoms with Crippen LogP contribution >= 0.6 is 31.2 Å². The van der Waals surface area contributed by atoms with Gasteiger partial charge in [-0.3, -0.25) is 9.34 Å². The number of thiocarbonyl (C=S) groups is 1. The summed E-state index contributed by atoms with van der Waals surface area (Å²) in [6.45, 7) is 12.5. The van der Waals surface area contributed by atoms with Gasteiger partial charge in [-0.25, -0.2) is 13.2 Å². The molecule has 3 heterocycles. The average Bonchev–Trinajstić information content (AvgIpc) is 3.34. The van der Waals surface area contributed by atoms with Crippen LogP contribution in [0.5, 0.6) is 0 Å². The van der Waals surface area contributed by atoms with E-state index in [0.717, 1.165) is 26.2 Å². The van der Waals surface area contributed by atoms with Crippen LogP contribution < -0.4 is 5.32 Å². The van der Waals surface area contributed by atoms with Gasteiger partial charge < -0.3 is 10.1 Å². The molecule has 220 valence electrons. The third kappa shape index (κ3) is 7.26. The molecule has 1 aromatic carbocycles. The van der Waals surface area contributed by atoms with E-state index in [1.165, 1.54) is 55.7 Å². The second-order valence-corrected chi connectivity index (χ2v) is 18.2. The second-order valence-electron chi connectivity index (χ2n) is 11.7. The molecule has 3 aliphatic heterocycles. The van der Waals surface area contributed by atoms with Crippen molar-refractivity contribution in [2.75, 3.05) is 57.8 Å². The number of nitrogens with one attached hydrogen (secondary N) is 1. The minimum atomic E-state index is -3.75. The second kappa shape index (κ2) is 13.6. The molecule has 0 atom stereocenters. The largest absolute Gasteiger partial charge is 0.379 e. The minimum absolute atomic E-state index is 0.0794. The zero-order chi connectivity index (χ0) is 28.1. The van der Waals surface area contributed by atoms with Crippen LogP contribution in [-0.4, -0.2) is 84.8 Å². The summed E-state index contributed by atoms with van der Waals surface area (Å²) in [6.07, 6.45) is 9.76. The Morgan fingerprint density at radius 1 is 0.923 bits per heavy atom. The number of hydrogen-bond donors (Lipinski definition) is 1. The first kappa shape index (κ1) is 31.4. The molecule has 3 saturated heterocycles. The molecule has 39 heavy (non-hydrogen) atoms. The number of anilines is 1. The van der Waals surface area contributed by atoms with Gasteiger partial charge in [-0.1, -0.05) is 58.1 Å². The van der Waals surface area contributed by atoms with Gasteiger partial charge in [0.25, 0.3) is 0 Å². The molecule has 0 bridgehead atoms. The van der Waals surface area contributed by atoms with Gasteiger partial charge in [-0.15, -0.1) is 0 Å². The molecule has 8 nitrogen and oxygen atoms in total. The van der Waals surface area contributed by atoms with Crippen LogP contribution in [0, 0.1) is 0 Å². The number of halogens is 1. The topological polar surface area (TPSA) is 77.5 Å². The van der Waals surface area contributed by atoms with Gasteiger partial charge in [0.15, 0.2) is 5.11 Å². The standard InChI is InChI=1S/C27H45ClN5O3PS2/c1-27(2,3)37(31-14-8-4-5-9-15-31,32-16-10-6-7-11-17-32)30-26(38)29-23-12-13-24(28)25(22-23)39(34,35)33-18-20-36-21-19-33/h12-13,22H,4-11,14-21H2,1-3H3,(H,29,38). The lowest BCUT2D eigenvalue weighted by Crippen LogP contribution is -2.42. The Labute approximate surface area is 246 Å². The highest BCUT2D eigenvalue weighted by atomic mass is 35.5. The lowest BCUT2D eigenvalue weighted by atomic mass is 10.2. The highest BCUT2D eigenvalue weighted by Gasteiger charge is 2.44. The molecular weight excluding hydrogens is 573 g/mol. The van der Waals surface area contributed by atoms with E-state index in [1.807, 2.05) is 0 Å². The Morgan fingerprint density at radius 2 is 1.44 bits per heavy atom. The van der Waals surface area contributed by atoms with E-state index in [1.54, 1.807) is 18.2 Å². The fourth-order valence-corrected chi connectivity index (χ4v) is 12.9. The van der Waals surface area contributed by atoms with Gasteiger partial charge in [0.05, 0.1) is 18.2 Å². The zero-order valence-electron chi connectivity index (χ0n) is 23.7. The third-order valence-electron chi connectivity index (χ3n) is 7.85. The number of ether oxygens (including phenoxy) is 1. The van der Waals surface area contributed by atoms with Crippen LogP contribution in [0.25, 0.3) is 0 Å².